The van der Waals surface area contributed by atoms with Crippen LogP contribution in [0.25, 0.3) is 0 Å². The zero-order chi connectivity index (χ0) is 12.6. The fraction of sp³-hybridized carbons (Fsp3) is 0.625. The van der Waals surface area contributed by atoms with E-state index >= 15 is 0 Å². The average Bonchev–Trinajstić information content (AvgIpc) is 2.38. The molecule has 1 aromatic carbocycles. The Labute approximate surface area is 106 Å². The van der Waals surface area contributed by atoms with E-state index in [0.29, 0.717) is 5.41 Å². The predicted octanol–water partition coefficient (Wildman–Crippen LogP) is 4.16. The molecule has 0 fully saturated rings. The van der Waals surface area contributed by atoms with Crippen molar-refractivity contribution in [1.29, 1.82) is 0 Å². The number of hydrogen-bond donors (Lipinski definition) is 1. The lowest BCUT2D eigenvalue weighted by atomic mass is 9.75. The lowest BCUT2D eigenvalue weighted by Crippen LogP contribution is -2.31. The maximum atomic E-state index is 6.04. The van der Waals surface area contributed by atoms with E-state index in [1.54, 1.807) is 0 Å². The highest BCUT2D eigenvalue weighted by atomic mass is 14.6. The summed E-state index contributed by atoms with van der Waals surface area (Å²) in [5, 5.41) is 0. The SMILES string of the molecule is CCCC(CN)(CCC)CCc1ccccc1. The molecule has 0 aliphatic carbocycles. The van der Waals surface area contributed by atoms with E-state index in [2.05, 4.69) is 44.2 Å². The minimum Gasteiger partial charge on any atom is -0.330 e. The van der Waals surface area contributed by atoms with Crippen molar-refractivity contribution in [2.24, 2.45) is 11.1 Å². The number of hydrogen-bond acceptors (Lipinski definition) is 1. The fourth-order valence-corrected chi connectivity index (χ4v) is 2.80. The second-order valence-electron chi connectivity index (χ2n) is 5.19. The van der Waals surface area contributed by atoms with Gasteiger partial charge in [-0.2, -0.15) is 0 Å². The summed E-state index contributed by atoms with van der Waals surface area (Å²) in [4.78, 5) is 0. The number of rotatable bonds is 8. The molecule has 0 saturated carbocycles. The number of benzene rings is 1. The summed E-state index contributed by atoms with van der Waals surface area (Å²) in [6, 6.07) is 10.8. The van der Waals surface area contributed by atoms with Crippen molar-refractivity contribution in [3.8, 4) is 0 Å². The Bertz CT molecular complexity index is 286. The van der Waals surface area contributed by atoms with Crippen LogP contribution in [0.1, 0.15) is 51.5 Å². The van der Waals surface area contributed by atoms with Crippen molar-refractivity contribution in [1.82, 2.24) is 0 Å². The zero-order valence-electron chi connectivity index (χ0n) is 11.4. The molecule has 0 aromatic heterocycles. The molecule has 0 heterocycles. The molecule has 1 aromatic rings. The van der Waals surface area contributed by atoms with Gasteiger partial charge in [-0.25, -0.2) is 0 Å². The van der Waals surface area contributed by atoms with E-state index in [9.17, 15) is 0 Å². The lowest BCUT2D eigenvalue weighted by molar-refractivity contribution is 0.224. The van der Waals surface area contributed by atoms with E-state index in [1.165, 1.54) is 37.7 Å². The highest BCUT2D eigenvalue weighted by Crippen LogP contribution is 2.33. The van der Waals surface area contributed by atoms with Crippen molar-refractivity contribution in [2.45, 2.75) is 52.4 Å². The standard InChI is InChI=1S/C16H27N/c1-3-11-16(14-17,12-4-2)13-10-15-8-6-5-7-9-15/h5-9H,3-4,10-14,17H2,1-2H3. The summed E-state index contributed by atoms with van der Waals surface area (Å²) in [6.45, 7) is 5.37. The van der Waals surface area contributed by atoms with Gasteiger partial charge >= 0.3 is 0 Å². The van der Waals surface area contributed by atoms with Gasteiger partial charge in [-0.05, 0) is 43.2 Å². The van der Waals surface area contributed by atoms with Gasteiger partial charge in [0.15, 0.2) is 0 Å². The molecule has 96 valence electrons. The van der Waals surface area contributed by atoms with Gasteiger partial charge in [0.1, 0.15) is 0 Å². The molecular formula is C16H27N. The van der Waals surface area contributed by atoms with Gasteiger partial charge in [0.25, 0.3) is 0 Å². The van der Waals surface area contributed by atoms with Gasteiger partial charge in [-0.3, -0.25) is 0 Å². The van der Waals surface area contributed by atoms with Gasteiger partial charge in [-0.15, -0.1) is 0 Å². The van der Waals surface area contributed by atoms with Crippen molar-refractivity contribution in [2.75, 3.05) is 6.54 Å². The first kappa shape index (κ1) is 14.2. The molecule has 0 unspecified atom stereocenters. The maximum Gasteiger partial charge on any atom is -0.00204 e. The molecule has 2 N–H and O–H groups in total. The fourth-order valence-electron chi connectivity index (χ4n) is 2.80. The Morgan fingerprint density at radius 2 is 1.53 bits per heavy atom. The lowest BCUT2D eigenvalue weighted by Gasteiger charge is -2.32. The molecule has 0 radical (unpaired) electrons. The third-order valence-corrected chi connectivity index (χ3v) is 3.78. The quantitative estimate of drug-likeness (QED) is 0.716. The third kappa shape index (κ3) is 4.51. The van der Waals surface area contributed by atoms with Gasteiger partial charge in [-0.1, -0.05) is 57.0 Å². The van der Waals surface area contributed by atoms with Crippen LogP contribution in [-0.4, -0.2) is 6.54 Å². The Morgan fingerprint density at radius 3 is 2.00 bits per heavy atom. The first-order valence-corrected chi connectivity index (χ1v) is 7.00. The van der Waals surface area contributed by atoms with Crippen LogP contribution in [0.2, 0.25) is 0 Å². The minimum absolute atomic E-state index is 0.374. The highest BCUT2D eigenvalue weighted by Gasteiger charge is 2.26. The molecule has 0 aliphatic heterocycles. The van der Waals surface area contributed by atoms with E-state index < -0.39 is 0 Å². The summed E-state index contributed by atoms with van der Waals surface area (Å²) < 4.78 is 0. The topological polar surface area (TPSA) is 26.0 Å². The Kier molecular flexibility index (Phi) is 6.28. The van der Waals surface area contributed by atoms with Gasteiger partial charge in [0, 0.05) is 0 Å². The summed E-state index contributed by atoms with van der Waals surface area (Å²) in [7, 11) is 0. The summed E-state index contributed by atoms with van der Waals surface area (Å²) in [5.74, 6) is 0. The molecule has 17 heavy (non-hydrogen) atoms. The maximum absolute atomic E-state index is 6.04. The molecule has 1 rings (SSSR count). The van der Waals surface area contributed by atoms with Crippen molar-refractivity contribution in [3.63, 3.8) is 0 Å². The molecule has 0 amide bonds. The first-order chi connectivity index (χ1) is 8.26. The normalized spacial score (nSPS) is 11.7. The summed E-state index contributed by atoms with van der Waals surface area (Å²) in [6.07, 6.45) is 7.42. The molecule has 0 bridgehead atoms. The highest BCUT2D eigenvalue weighted by molar-refractivity contribution is 5.15. The molecule has 1 heteroatoms. The Hall–Kier alpha value is -0.820. The smallest absolute Gasteiger partial charge is 0.00204 e. The van der Waals surface area contributed by atoms with Crippen LogP contribution in [0, 0.1) is 5.41 Å². The van der Waals surface area contributed by atoms with Crippen LogP contribution >= 0.6 is 0 Å². The third-order valence-electron chi connectivity index (χ3n) is 3.78. The van der Waals surface area contributed by atoms with Gasteiger partial charge < -0.3 is 5.73 Å². The van der Waals surface area contributed by atoms with E-state index in [1.807, 2.05) is 0 Å². The van der Waals surface area contributed by atoms with Crippen molar-refractivity contribution < 1.29 is 0 Å². The molecule has 0 atom stereocenters. The second-order valence-corrected chi connectivity index (χ2v) is 5.19. The second kappa shape index (κ2) is 7.50. The zero-order valence-corrected chi connectivity index (χ0v) is 11.4. The molecule has 0 spiro atoms. The van der Waals surface area contributed by atoms with E-state index in [-0.39, 0.29) is 0 Å². The van der Waals surface area contributed by atoms with Crippen LogP contribution in [0.3, 0.4) is 0 Å². The van der Waals surface area contributed by atoms with Gasteiger partial charge in [0.05, 0.1) is 0 Å². The molecular weight excluding hydrogens is 206 g/mol. The van der Waals surface area contributed by atoms with Crippen LogP contribution < -0.4 is 5.73 Å². The average molecular weight is 233 g/mol. The van der Waals surface area contributed by atoms with Crippen molar-refractivity contribution >= 4 is 0 Å². The summed E-state index contributed by atoms with van der Waals surface area (Å²) in [5.41, 5.74) is 7.86. The Morgan fingerprint density at radius 1 is 0.941 bits per heavy atom. The molecule has 0 saturated heterocycles. The predicted molar refractivity (Wildman–Crippen MR) is 76.1 cm³/mol. The first-order valence-electron chi connectivity index (χ1n) is 7.00. The largest absolute Gasteiger partial charge is 0.330 e. The minimum atomic E-state index is 0.374. The van der Waals surface area contributed by atoms with Crippen LogP contribution in [0.4, 0.5) is 0 Å². The van der Waals surface area contributed by atoms with Crippen LogP contribution in [0.5, 0.6) is 0 Å². The monoisotopic (exact) mass is 233 g/mol. The van der Waals surface area contributed by atoms with Crippen molar-refractivity contribution in [3.05, 3.63) is 35.9 Å². The summed E-state index contributed by atoms with van der Waals surface area (Å²) >= 11 is 0. The number of aryl methyl sites for hydroxylation is 1. The van der Waals surface area contributed by atoms with Gasteiger partial charge in [0.2, 0.25) is 0 Å². The van der Waals surface area contributed by atoms with E-state index in [0.717, 1.165) is 13.0 Å². The van der Waals surface area contributed by atoms with Crippen LogP contribution in [0.15, 0.2) is 30.3 Å². The molecule has 0 aliphatic rings. The number of nitrogens with two attached hydrogens (primary N) is 1. The molecule has 1 nitrogen and oxygen atoms in total. The van der Waals surface area contributed by atoms with Crippen LogP contribution in [-0.2, 0) is 6.42 Å². The van der Waals surface area contributed by atoms with E-state index in [4.69, 9.17) is 5.73 Å². The Balaban J connectivity index is 2.59.